The Hall–Kier alpha value is -5.36. The van der Waals surface area contributed by atoms with Gasteiger partial charge in [-0.15, -0.1) is 0 Å². The maximum Gasteiger partial charge on any atom is 1.00 e. The van der Waals surface area contributed by atoms with E-state index in [2.05, 4.69) is 182 Å². The van der Waals surface area contributed by atoms with Crippen LogP contribution in [-0.4, -0.2) is 96.6 Å². The van der Waals surface area contributed by atoms with Crippen molar-refractivity contribution < 1.29 is 146 Å². The zero-order valence-corrected chi connectivity index (χ0v) is 60.5. The van der Waals surface area contributed by atoms with Gasteiger partial charge in [0.15, 0.2) is 49.6 Å². The Bertz CT molecular complexity index is 3430. The first-order valence-electron chi connectivity index (χ1n) is 31.1. The standard InChI is InChI=1S/2C18H15S.2C17H22F4O7S.BrH.Na/c2*1-4-10-16(11-5-1)19(17-12-6-2-7-13-17)18-14-8-3-9-15-18;2*1-10(22)28-15-7-11-4-12(8-15)6-14(5-11,9-15)13(23)27-3-2-16(18,19)17(20,21)29(24,25)26;;/h2*1-15H;2*11-12H,2-9H2,1H3,(H,24,25,26);1H;/q2*+1;;;;+1/p-3. The molecule has 8 saturated carbocycles. The number of hydrogen-bond acceptors (Lipinski definition) is 14. The van der Waals surface area contributed by atoms with Crippen LogP contribution in [0.3, 0.4) is 0 Å². The average Bonchev–Trinajstić information content (AvgIpc) is 0.722. The SMILES string of the molecule is CC(=O)OC12CC3CC(C1)CC(C(=O)OCCC(F)(F)C(F)(F)S(=O)(=O)[O-])(C3)C2.CC(=O)OC12CC3CC(C1)CC(C(=O)OCCC(F)(F)C(F)(F)S(=O)(=O)[O-])(C3)C2.[Br-].[Na+].c1ccc([S+](c2ccccc2)c2ccccc2)cc1.c1ccc([S+](c2ccccc2)c2ccccc2)cc1. The largest absolute Gasteiger partial charge is 1.00 e. The van der Waals surface area contributed by atoms with Crippen molar-refractivity contribution in [2.75, 3.05) is 13.2 Å². The number of carbonyl (C=O) groups is 4. The van der Waals surface area contributed by atoms with Gasteiger partial charge in [0.05, 0.1) is 58.7 Å². The summed E-state index contributed by atoms with van der Waals surface area (Å²) in [4.78, 5) is 56.5. The first-order valence-corrected chi connectivity index (χ1v) is 36.3. The van der Waals surface area contributed by atoms with Gasteiger partial charge >= 0.3 is 75.8 Å². The number of halogens is 9. The van der Waals surface area contributed by atoms with Crippen LogP contribution in [0.4, 0.5) is 35.1 Å². The molecule has 4 unspecified atom stereocenters. The monoisotopic (exact) mass is 1520 g/mol. The molecule has 0 N–H and O–H groups in total. The van der Waals surface area contributed by atoms with E-state index in [1.807, 2.05) is 0 Å². The topological polar surface area (TPSA) is 220 Å². The van der Waals surface area contributed by atoms with E-state index in [9.17, 15) is 80.2 Å². The fourth-order valence-electron chi connectivity index (χ4n) is 15.3. The van der Waals surface area contributed by atoms with Crippen molar-refractivity contribution in [3.8, 4) is 0 Å². The van der Waals surface area contributed by atoms with Crippen molar-refractivity contribution in [2.24, 2.45) is 34.5 Å². The van der Waals surface area contributed by atoms with Crippen molar-refractivity contribution >= 4 is 65.9 Å². The van der Waals surface area contributed by atoms with Gasteiger partial charge in [-0.05, 0) is 161 Å². The van der Waals surface area contributed by atoms with Crippen LogP contribution in [0.5, 0.6) is 0 Å². The van der Waals surface area contributed by atoms with Crippen LogP contribution in [0.1, 0.15) is 104 Å². The molecule has 28 heteroatoms. The Balaban J connectivity index is 0.000000186. The third kappa shape index (κ3) is 18.5. The minimum atomic E-state index is -6.59. The first kappa shape index (κ1) is 80.0. The van der Waals surface area contributed by atoms with E-state index in [1.165, 1.54) is 43.2 Å². The Labute approximate surface area is 603 Å². The number of esters is 4. The van der Waals surface area contributed by atoms with Crippen LogP contribution in [0.15, 0.2) is 211 Å². The average molecular weight is 1520 g/mol. The molecule has 0 spiro atoms. The van der Waals surface area contributed by atoms with Gasteiger partial charge in [-0.3, -0.25) is 19.2 Å². The van der Waals surface area contributed by atoms with Gasteiger partial charge in [-0.1, -0.05) is 109 Å². The number of carbonyl (C=O) groups excluding carboxylic acids is 4. The van der Waals surface area contributed by atoms with Crippen LogP contribution >= 0.6 is 0 Å². The van der Waals surface area contributed by atoms with Gasteiger partial charge in [0.25, 0.3) is 0 Å². The van der Waals surface area contributed by atoms with Crippen LogP contribution in [0.2, 0.25) is 0 Å². The summed E-state index contributed by atoms with van der Waals surface area (Å²) < 4.78 is 190. The fraction of sp³-hybridized carbons (Fsp3) is 0.429. The molecule has 8 fully saturated rings. The van der Waals surface area contributed by atoms with E-state index in [-0.39, 0.29) is 105 Å². The van der Waals surface area contributed by atoms with Crippen molar-refractivity contribution in [1.29, 1.82) is 0 Å². The second-order valence-corrected chi connectivity index (χ2v) is 32.5. The van der Waals surface area contributed by atoms with E-state index in [0.717, 1.165) is 12.8 Å². The van der Waals surface area contributed by atoms with Gasteiger partial charge < -0.3 is 45.0 Å². The third-order valence-electron chi connectivity index (χ3n) is 18.3. The van der Waals surface area contributed by atoms with Crippen molar-refractivity contribution in [3.63, 3.8) is 0 Å². The van der Waals surface area contributed by atoms with Crippen molar-refractivity contribution in [1.82, 2.24) is 0 Å². The van der Waals surface area contributed by atoms with E-state index in [4.69, 9.17) is 18.9 Å². The zero-order valence-electron chi connectivity index (χ0n) is 53.7. The molecule has 14 rings (SSSR count). The van der Waals surface area contributed by atoms with E-state index in [0.29, 0.717) is 51.4 Å². The molecular formula is C70H72BrF8NaO14S4. The molecule has 4 atom stereocenters. The van der Waals surface area contributed by atoms with Gasteiger partial charge in [0, 0.05) is 26.7 Å². The molecule has 0 aliphatic heterocycles. The number of rotatable bonds is 20. The van der Waals surface area contributed by atoms with E-state index < -0.39 is 115 Å². The third-order valence-corrected chi connectivity index (χ3v) is 24.6. The van der Waals surface area contributed by atoms with Crippen LogP contribution in [-0.2, 0) is 80.2 Å². The molecule has 524 valence electrons. The Morgan fingerprint density at radius 1 is 0.418 bits per heavy atom. The van der Waals surface area contributed by atoms with Crippen molar-refractivity contribution in [3.05, 3.63) is 182 Å². The predicted molar refractivity (Wildman–Crippen MR) is 337 cm³/mol. The Morgan fingerprint density at radius 3 is 0.827 bits per heavy atom. The van der Waals surface area contributed by atoms with E-state index >= 15 is 0 Å². The molecule has 0 radical (unpaired) electrons. The second-order valence-electron chi connectivity index (χ2n) is 25.6. The number of alkyl halides is 8. The zero-order chi connectivity index (χ0) is 69.6. The van der Waals surface area contributed by atoms with Gasteiger partial charge in [-0.2, -0.15) is 35.1 Å². The molecule has 0 saturated heterocycles. The Morgan fingerprint density at radius 2 is 0.633 bits per heavy atom. The second kappa shape index (κ2) is 32.3. The molecule has 8 aliphatic rings. The number of benzene rings is 6. The summed E-state index contributed by atoms with van der Waals surface area (Å²) in [5.41, 5.74) is -3.74. The smallest absolute Gasteiger partial charge is 1.00 e. The number of hydrogen-bond donors (Lipinski definition) is 0. The summed E-state index contributed by atoms with van der Waals surface area (Å²) in [5, 5.41) is -11.6. The Kier molecular flexibility index (Phi) is 26.4. The summed E-state index contributed by atoms with van der Waals surface area (Å²) in [6.45, 7) is 0.176. The summed E-state index contributed by atoms with van der Waals surface area (Å²) >= 11 is 0. The van der Waals surface area contributed by atoms with E-state index in [1.54, 1.807) is 0 Å². The predicted octanol–water partition coefficient (Wildman–Crippen LogP) is 8.76. The minimum Gasteiger partial charge on any atom is -1.00 e. The molecule has 0 heterocycles. The maximum absolute atomic E-state index is 13.5. The van der Waals surface area contributed by atoms with Crippen LogP contribution in [0, 0.1) is 34.5 Å². The molecule has 8 bridgehead atoms. The quantitative estimate of drug-likeness (QED) is 0.0174. The summed E-state index contributed by atoms with van der Waals surface area (Å²) in [7, 11) is -13.2. The first-order chi connectivity index (χ1) is 45.1. The summed E-state index contributed by atoms with van der Waals surface area (Å²) in [6, 6.07) is 64.3. The molecule has 8 aliphatic carbocycles. The van der Waals surface area contributed by atoms with Crippen LogP contribution < -0.4 is 46.5 Å². The summed E-state index contributed by atoms with van der Waals surface area (Å²) in [6.07, 6.45) is 2.52. The molecular weight excluding hydrogens is 1450 g/mol. The van der Waals surface area contributed by atoms with Gasteiger partial charge in [0.1, 0.15) is 11.2 Å². The molecule has 14 nitrogen and oxygen atoms in total. The molecule has 98 heavy (non-hydrogen) atoms. The van der Waals surface area contributed by atoms with Gasteiger partial charge in [0.2, 0.25) is 0 Å². The fourth-order valence-corrected chi connectivity index (χ4v) is 20.5. The molecule has 0 amide bonds. The number of ether oxygens (including phenoxy) is 4. The summed E-state index contributed by atoms with van der Waals surface area (Å²) in [5.74, 6) is -12.7. The molecule has 6 aromatic rings. The normalized spacial score (nSPS) is 24.3. The van der Waals surface area contributed by atoms with Gasteiger partial charge in [-0.25, -0.2) is 16.8 Å². The molecule has 6 aromatic carbocycles. The maximum atomic E-state index is 13.5. The van der Waals surface area contributed by atoms with Crippen molar-refractivity contribution in [2.45, 2.75) is 167 Å². The minimum absolute atomic E-state index is 0. The van der Waals surface area contributed by atoms with Crippen LogP contribution in [0.25, 0.3) is 0 Å². The molecule has 0 aromatic heterocycles.